The molecule has 1 heterocycles. The molecule has 2 rings (SSSR count). The van der Waals surface area contributed by atoms with Gasteiger partial charge in [-0.05, 0) is 36.4 Å². The number of alkyl halides is 3. The molecule has 0 unspecified atom stereocenters. The highest BCUT2D eigenvalue weighted by Crippen LogP contribution is 2.21. The van der Waals surface area contributed by atoms with Crippen molar-refractivity contribution in [3.63, 3.8) is 0 Å². The second kappa shape index (κ2) is 9.43. The van der Waals surface area contributed by atoms with Crippen molar-refractivity contribution < 1.29 is 40.7 Å². The van der Waals surface area contributed by atoms with Crippen molar-refractivity contribution in [2.75, 3.05) is 25.0 Å². The van der Waals surface area contributed by atoms with E-state index in [2.05, 4.69) is 24.5 Å². The summed E-state index contributed by atoms with van der Waals surface area (Å²) in [5.41, 5.74) is -0.0232. The Morgan fingerprint density at radius 3 is 2.30 bits per heavy atom. The van der Waals surface area contributed by atoms with Gasteiger partial charge in [-0.3, -0.25) is 14.3 Å². The maximum Gasteiger partial charge on any atom is 0.422 e. The first-order valence-corrected chi connectivity index (χ1v) is 9.62. The van der Waals surface area contributed by atoms with Crippen LogP contribution < -0.4 is 14.8 Å². The lowest BCUT2D eigenvalue weighted by Gasteiger charge is -2.11. The van der Waals surface area contributed by atoms with Crippen LogP contribution in [-0.2, 0) is 19.6 Å². The lowest BCUT2D eigenvalue weighted by Crippen LogP contribution is -2.30. The predicted octanol–water partition coefficient (Wildman–Crippen LogP) is 1.73. The summed E-state index contributed by atoms with van der Waals surface area (Å²) in [7, 11) is -2.90. The number of ether oxygens (including phenoxy) is 2. The van der Waals surface area contributed by atoms with E-state index in [0.717, 1.165) is 37.6 Å². The lowest BCUT2D eigenvalue weighted by molar-refractivity contribution is -0.153. The predicted molar refractivity (Wildman–Crippen MR) is 97.4 cm³/mol. The van der Waals surface area contributed by atoms with Gasteiger partial charge in [-0.1, -0.05) is 0 Å². The minimum atomic E-state index is -4.51. The van der Waals surface area contributed by atoms with Gasteiger partial charge < -0.3 is 14.8 Å². The van der Waals surface area contributed by atoms with Gasteiger partial charge in [0.1, 0.15) is 18.0 Å². The maximum atomic E-state index is 12.4. The smallest absolute Gasteiger partial charge is 0.422 e. The number of esters is 1. The number of carbonyl (C=O) groups excluding carboxylic acids is 2. The topological polar surface area (TPSA) is 124 Å². The van der Waals surface area contributed by atoms with Crippen molar-refractivity contribution in [3.05, 3.63) is 48.3 Å². The van der Waals surface area contributed by atoms with Crippen LogP contribution in [0.3, 0.4) is 0 Å². The summed E-state index contributed by atoms with van der Waals surface area (Å²) in [6.45, 7) is -1.85. The quantitative estimate of drug-likeness (QED) is 0.591. The Bertz CT molecular complexity index is 993. The maximum absolute atomic E-state index is 12.4. The Morgan fingerprint density at radius 1 is 1.10 bits per heavy atom. The summed E-state index contributed by atoms with van der Waals surface area (Å²) in [4.78, 5) is 26.4. The molecular weight excluding hydrogens is 431 g/mol. The van der Waals surface area contributed by atoms with Crippen molar-refractivity contribution in [2.45, 2.75) is 11.1 Å². The van der Waals surface area contributed by atoms with Crippen molar-refractivity contribution in [1.29, 1.82) is 0 Å². The second-order valence-corrected chi connectivity index (χ2v) is 7.35. The van der Waals surface area contributed by atoms with Crippen molar-refractivity contribution >= 4 is 27.6 Å². The first-order chi connectivity index (χ1) is 14.0. The third-order valence-electron chi connectivity index (χ3n) is 3.41. The molecule has 2 N–H and O–H groups in total. The number of benzene rings is 1. The third-order valence-corrected chi connectivity index (χ3v) is 4.80. The average Bonchev–Trinajstić information content (AvgIpc) is 2.70. The Morgan fingerprint density at radius 2 is 1.77 bits per heavy atom. The van der Waals surface area contributed by atoms with E-state index < -0.39 is 34.7 Å². The standard InChI is InChI=1S/C17H16F3N3O6S/c1-28-15(24)9-22-16(25)14-7-2-11(8-21-14)23-30(26,27)13-5-3-12(4-6-13)29-10-17(18,19)20/h2-8,23H,9-10H2,1H3,(H,22,25). The first-order valence-electron chi connectivity index (χ1n) is 8.14. The fourth-order valence-corrected chi connectivity index (χ4v) is 3.04. The molecule has 1 aromatic heterocycles. The number of nitrogens with one attached hydrogen (secondary N) is 2. The number of pyridine rings is 1. The number of aromatic nitrogens is 1. The molecule has 162 valence electrons. The van der Waals surface area contributed by atoms with Crippen LogP contribution in [-0.4, -0.2) is 51.7 Å². The van der Waals surface area contributed by atoms with Gasteiger partial charge in [-0.25, -0.2) is 13.4 Å². The molecule has 0 saturated carbocycles. The van der Waals surface area contributed by atoms with Crippen LogP contribution in [0, 0.1) is 0 Å². The molecule has 0 atom stereocenters. The summed E-state index contributed by atoms with van der Waals surface area (Å²) in [5, 5.41) is 2.27. The number of sulfonamides is 1. The molecule has 0 aliphatic rings. The zero-order valence-corrected chi connectivity index (χ0v) is 16.2. The van der Waals surface area contributed by atoms with Crippen molar-refractivity contribution in [3.8, 4) is 5.75 Å². The number of hydrogen-bond donors (Lipinski definition) is 2. The van der Waals surface area contributed by atoms with Crippen molar-refractivity contribution in [1.82, 2.24) is 10.3 Å². The number of hydrogen-bond acceptors (Lipinski definition) is 7. The van der Waals surface area contributed by atoms with E-state index in [1.807, 2.05) is 0 Å². The molecule has 0 spiro atoms. The van der Waals surface area contributed by atoms with Crippen LogP contribution in [0.4, 0.5) is 18.9 Å². The van der Waals surface area contributed by atoms with Crippen molar-refractivity contribution in [2.24, 2.45) is 0 Å². The van der Waals surface area contributed by atoms with Gasteiger partial charge in [0, 0.05) is 0 Å². The second-order valence-electron chi connectivity index (χ2n) is 5.67. The highest BCUT2D eigenvalue weighted by atomic mass is 32.2. The van der Waals surface area contributed by atoms with Gasteiger partial charge >= 0.3 is 12.1 Å². The summed E-state index contributed by atoms with van der Waals surface area (Å²) in [5.74, 6) is -1.46. The molecule has 0 fully saturated rings. The van der Waals surface area contributed by atoms with E-state index in [1.54, 1.807) is 0 Å². The number of rotatable bonds is 8. The number of carbonyl (C=O) groups is 2. The summed E-state index contributed by atoms with van der Waals surface area (Å²) < 4.78 is 72.3. The minimum absolute atomic E-state index is 0.0388. The molecule has 0 radical (unpaired) electrons. The number of methoxy groups -OCH3 is 1. The first kappa shape index (κ1) is 22.9. The van der Waals surface area contributed by atoms with E-state index >= 15 is 0 Å². The highest BCUT2D eigenvalue weighted by Gasteiger charge is 2.28. The molecule has 9 nitrogen and oxygen atoms in total. The van der Waals surface area contributed by atoms with Gasteiger partial charge in [0.25, 0.3) is 15.9 Å². The zero-order chi connectivity index (χ0) is 22.4. The van der Waals surface area contributed by atoms with Crippen LogP contribution in [0.5, 0.6) is 5.75 Å². The van der Waals surface area contributed by atoms with Gasteiger partial charge in [0.2, 0.25) is 0 Å². The molecule has 1 aromatic carbocycles. The fraction of sp³-hybridized carbons (Fsp3) is 0.235. The molecule has 13 heteroatoms. The Kier molecular flexibility index (Phi) is 7.21. The summed E-state index contributed by atoms with van der Waals surface area (Å²) in [6, 6.07) is 6.85. The zero-order valence-electron chi connectivity index (χ0n) is 15.4. The fourth-order valence-electron chi connectivity index (χ4n) is 2.00. The molecule has 0 saturated heterocycles. The van der Waals surface area contributed by atoms with Gasteiger partial charge in [-0.15, -0.1) is 0 Å². The van der Waals surface area contributed by atoms with Gasteiger partial charge in [0.15, 0.2) is 6.61 Å². The number of nitrogens with zero attached hydrogens (tertiary/aromatic N) is 1. The van der Waals surface area contributed by atoms with E-state index in [0.29, 0.717) is 0 Å². The molecule has 1 amide bonds. The Balaban J connectivity index is 2.01. The molecule has 0 aliphatic heterocycles. The van der Waals surface area contributed by atoms with E-state index in [-0.39, 0.29) is 28.6 Å². The minimum Gasteiger partial charge on any atom is -0.484 e. The Hall–Kier alpha value is -3.35. The number of amides is 1. The van der Waals surface area contributed by atoms with E-state index in [4.69, 9.17) is 0 Å². The summed E-state index contributed by atoms with van der Waals surface area (Å²) in [6.07, 6.45) is -3.42. The van der Waals surface area contributed by atoms with Gasteiger partial charge in [0.05, 0.1) is 23.9 Å². The molecule has 2 aromatic rings. The third kappa shape index (κ3) is 6.92. The average molecular weight is 447 g/mol. The van der Waals surface area contributed by atoms with Crippen LogP contribution in [0.15, 0.2) is 47.5 Å². The SMILES string of the molecule is COC(=O)CNC(=O)c1ccc(NS(=O)(=O)c2ccc(OCC(F)(F)F)cc2)cn1. The molecule has 0 aliphatic carbocycles. The monoisotopic (exact) mass is 447 g/mol. The molecule has 30 heavy (non-hydrogen) atoms. The molecular formula is C17H16F3N3O6S. The van der Waals surface area contributed by atoms with Crippen LogP contribution >= 0.6 is 0 Å². The van der Waals surface area contributed by atoms with Crippen LogP contribution in [0.1, 0.15) is 10.5 Å². The van der Waals surface area contributed by atoms with E-state index in [9.17, 15) is 31.2 Å². The van der Waals surface area contributed by atoms with Crippen LogP contribution in [0.2, 0.25) is 0 Å². The summed E-state index contributed by atoms with van der Waals surface area (Å²) >= 11 is 0. The van der Waals surface area contributed by atoms with Gasteiger partial charge in [-0.2, -0.15) is 13.2 Å². The van der Waals surface area contributed by atoms with Crippen LogP contribution in [0.25, 0.3) is 0 Å². The Labute approximate surface area is 169 Å². The largest absolute Gasteiger partial charge is 0.484 e. The normalized spacial score (nSPS) is 11.5. The van der Waals surface area contributed by atoms with E-state index in [1.165, 1.54) is 12.1 Å². The number of anilines is 1. The highest BCUT2D eigenvalue weighted by molar-refractivity contribution is 7.92. The number of halogens is 3. The lowest BCUT2D eigenvalue weighted by atomic mass is 10.3. The molecule has 0 bridgehead atoms.